The summed E-state index contributed by atoms with van der Waals surface area (Å²) in [5, 5.41) is 7.77. The number of carbonyl (C=O) groups excluding carboxylic acids is 1. The number of nitrogens with two attached hydrogens (primary N) is 1. The first-order valence-corrected chi connectivity index (χ1v) is 11.6. The molecule has 3 N–H and O–H groups in total. The van der Waals surface area contributed by atoms with E-state index in [1.165, 1.54) is 0 Å². The second-order valence-electron chi connectivity index (χ2n) is 8.10. The first-order chi connectivity index (χ1) is 15.9. The summed E-state index contributed by atoms with van der Waals surface area (Å²) < 4.78 is 13.7. The molecule has 33 heavy (non-hydrogen) atoms. The van der Waals surface area contributed by atoms with E-state index in [2.05, 4.69) is 38.3 Å². The van der Waals surface area contributed by atoms with Gasteiger partial charge in [-0.1, -0.05) is 22.9 Å². The van der Waals surface area contributed by atoms with Crippen molar-refractivity contribution in [2.24, 2.45) is 13.0 Å². The van der Waals surface area contributed by atoms with Crippen molar-refractivity contribution in [3.8, 4) is 17.1 Å². The van der Waals surface area contributed by atoms with Gasteiger partial charge >= 0.3 is 0 Å². The zero-order chi connectivity index (χ0) is 23.8. The van der Waals surface area contributed by atoms with Gasteiger partial charge in [-0.2, -0.15) is 5.10 Å². The second kappa shape index (κ2) is 11.7. The molecule has 0 bridgehead atoms. The smallest absolute Gasteiger partial charge is 0.293 e. The summed E-state index contributed by atoms with van der Waals surface area (Å²) in [4.78, 5) is 15.1. The Bertz CT molecular complexity index is 1090. The van der Waals surface area contributed by atoms with Gasteiger partial charge in [0, 0.05) is 23.8 Å². The molecule has 3 rings (SSSR count). The average molecular weight is 516 g/mol. The average Bonchev–Trinajstić information content (AvgIpc) is 3.15. The molecule has 176 valence electrons. The molecular weight excluding hydrogens is 486 g/mol. The summed E-state index contributed by atoms with van der Waals surface area (Å²) in [5.41, 5.74) is 11.0. The number of aryl methyl sites for hydroxylation is 2. The van der Waals surface area contributed by atoms with Gasteiger partial charge < -0.3 is 20.5 Å². The molecule has 0 saturated carbocycles. The Morgan fingerprint density at radius 1 is 1.30 bits per heavy atom. The first kappa shape index (κ1) is 24.6. The van der Waals surface area contributed by atoms with Crippen LogP contribution in [0.4, 0.5) is 11.4 Å². The van der Waals surface area contributed by atoms with Gasteiger partial charge in [0.15, 0.2) is 0 Å². The van der Waals surface area contributed by atoms with E-state index in [0.29, 0.717) is 24.9 Å². The molecule has 0 unspecified atom stereocenters. The summed E-state index contributed by atoms with van der Waals surface area (Å²) in [6.45, 7) is 6.16. The Morgan fingerprint density at radius 2 is 2.12 bits per heavy atom. The number of nitrogens with zero attached hydrogens (tertiary/aromatic N) is 3. The lowest BCUT2D eigenvalue weighted by atomic mass is 10.1. The summed E-state index contributed by atoms with van der Waals surface area (Å²) in [6, 6.07) is 9.59. The largest absolute Gasteiger partial charge is 0.477 e. The fourth-order valence-corrected chi connectivity index (χ4v) is 3.89. The maximum absolute atomic E-state index is 10.5. The monoisotopic (exact) mass is 515 g/mol. The van der Waals surface area contributed by atoms with Gasteiger partial charge in [-0.25, -0.2) is 4.68 Å². The van der Waals surface area contributed by atoms with Crippen LogP contribution in [0.5, 0.6) is 5.88 Å². The van der Waals surface area contributed by atoms with Gasteiger partial charge in [-0.05, 0) is 61.6 Å². The third-order valence-electron chi connectivity index (χ3n) is 5.23. The number of aromatic nitrogens is 3. The van der Waals surface area contributed by atoms with Crippen LogP contribution < -0.4 is 15.8 Å². The Labute approximate surface area is 202 Å². The van der Waals surface area contributed by atoms with E-state index in [9.17, 15) is 4.79 Å². The lowest BCUT2D eigenvalue weighted by Gasteiger charge is -2.16. The van der Waals surface area contributed by atoms with E-state index in [-0.39, 0.29) is 6.61 Å². The van der Waals surface area contributed by atoms with Crippen LogP contribution in [-0.2, 0) is 23.2 Å². The van der Waals surface area contributed by atoms with Crippen LogP contribution in [-0.4, -0.2) is 34.4 Å². The summed E-state index contributed by atoms with van der Waals surface area (Å²) in [7, 11) is 1.85. The number of carbonyl (C=O) groups is 1. The Balaban J connectivity index is 1.54. The molecule has 2 heterocycles. The standard InChI is InChI=1S/C24H30BrN5O3/c1-16(12-27-23-11-19(25)6-7-21(23)26)5-4-8-33-24-20(13-28-30(24)3)22-10-18(14-32-15-31)9-17(2)29-22/h6-7,9-11,13,15-16,27H,4-5,8,12,14,26H2,1-3H3/t16-/m1/s1. The highest BCUT2D eigenvalue weighted by atomic mass is 79.9. The third kappa shape index (κ3) is 6.95. The van der Waals surface area contributed by atoms with E-state index < -0.39 is 0 Å². The first-order valence-electron chi connectivity index (χ1n) is 10.8. The molecule has 0 amide bonds. The quantitative estimate of drug-likeness (QED) is 0.204. The fraction of sp³-hybridized carbons (Fsp3) is 0.375. The molecule has 0 radical (unpaired) electrons. The Kier molecular flexibility index (Phi) is 8.71. The van der Waals surface area contributed by atoms with Gasteiger partial charge in [0.2, 0.25) is 5.88 Å². The summed E-state index contributed by atoms with van der Waals surface area (Å²) in [5.74, 6) is 1.12. The normalized spacial score (nSPS) is 11.8. The maximum atomic E-state index is 10.5. The zero-order valence-electron chi connectivity index (χ0n) is 19.2. The second-order valence-corrected chi connectivity index (χ2v) is 9.02. The van der Waals surface area contributed by atoms with Crippen LogP contribution in [0.1, 0.15) is 31.0 Å². The number of hydrogen-bond donors (Lipinski definition) is 2. The van der Waals surface area contributed by atoms with Crippen molar-refractivity contribution in [2.45, 2.75) is 33.3 Å². The molecule has 0 saturated heterocycles. The van der Waals surface area contributed by atoms with Crippen molar-refractivity contribution in [1.82, 2.24) is 14.8 Å². The lowest BCUT2D eigenvalue weighted by molar-refractivity contribution is -0.129. The van der Waals surface area contributed by atoms with Crippen LogP contribution in [0.3, 0.4) is 0 Å². The molecule has 2 aromatic heterocycles. The minimum Gasteiger partial charge on any atom is -0.477 e. The molecule has 0 aliphatic carbocycles. The molecule has 0 aliphatic heterocycles. The third-order valence-corrected chi connectivity index (χ3v) is 5.72. The van der Waals surface area contributed by atoms with E-state index in [0.717, 1.165) is 57.7 Å². The lowest BCUT2D eigenvalue weighted by Crippen LogP contribution is -2.13. The number of benzene rings is 1. The van der Waals surface area contributed by atoms with Gasteiger partial charge in [0.25, 0.3) is 6.47 Å². The number of hydrogen-bond acceptors (Lipinski definition) is 7. The minimum atomic E-state index is 0.202. The van der Waals surface area contributed by atoms with Crippen molar-refractivity contribution in [2.75, 3.05) is 24.2 Å². The van der Waals surface area contributed by atoms with Gasteiger partial charge in [0.1, 0.15) is 6.61 Å². The van der Waals surface area contributed by atoms with Crippen LogP contribution in [0.15, 0.2) is 41.0 Å². The predicted octanol–water partition coefficient (Wildman–Crippen LogP) is 4.72. The van der Waals surface area contributed by atoms with Crippen LogP contribution >= 0.6 is 15.9 Å². The Hall–Kier alpha value is -3.07. The van der Waals surface area contributed by atoms with Gasteiger partial charge in [-0.3, -0.25) is 9.78 Å². The zero-order valence-corrected chi connectivity index (χ0v) is 20.8. The molecule has 0 aliphatic rings. The molecule has 9 heteroatoms. The van der Waals surface area contributed by atoms with Gasteiger partial charge in [-0.15, -0.1) is 0 Å². The van der Waals surface area contributed by atoms with E-state index in [1.54, 1.807) is 10.9 Å². The predicted molar refractivity (Wildman–Crippen MR) is 133 cm³/mol. The number of nitrogen functional groups attached to an aromatic ring is 1. The minimum absolute atomic E-state index is 0.202. The molecule has 3 aromatic rings. The maximum Gasteiger partial charge on any atom is 0.293 e. The van der Waals surface area contributed by atoms with Crippen molar-refractivity contribution in [3.63, 3.8) is 0 Å². The van der Waals surface area contributed by atoms with E-state index >= 15 is 0 Å². The molecule has 1 atom stereocenters. The summed E-state index contributed by atoms with van der Waals surface area (Å²) in [6.07, 6.45) is 3.65. The number of ether oxygens (including phenoxy) is 2. The number of halogens is 1. The fourth-order valence-electron chi connectivity index (χ4n) is 3.53. The molecular formula is C24H30BrN5O3. The topological polar surface area (TPSA) is 104 Å². The molecule has 1 aromatic carbocycles. The van der Waals surface area contributed by atoms with E-state index in [4.69, 9.17) is 15.2 Å². The number of anilines is 2. The summed E-state index contributed by atoms with van der Waals surface area (Å²) >= 11 is 3.48. The number of pyridine rings is 1. The van der Waals surface area contributed by atoms with Crippen molar-refractivity contribution >= 4 is 33.8 Å². The van der Waals surface area contributed by atoms with Crippen molar-refractivity contribution in [3.05, 3.63) is 52.3 Å². The number of nitrogens with one attached hydrogen (secondary N) is 1. The van der Waals surface area contributed by atoms with Crippen LogP contribution in [0.25, 0.3) is 11.3 Å². The van der Waals surface area contributed by atoms with Crippen LogP contribution in [0, 0.1) is 12.8 Å². The molecule has 8 nitrogen and oxygen atoms in total. The molecule has 0 fully saturated rings. The van der Waals surface area contributed by atoms with Crippen LogP contribution in [0.2, 0.25) is 0 Å². The van der Waals surface area contributed by atoms with Crippen molar-refractivity contribution in [1.29, 1.82) is 0 Å². The molecule has 0 spiro atoms. The highest BCUT2D eigenvalue weighted by Crippen LogP contribution is 2.29. The highest BCUT2D eigenvalue weighted by Gasteiger charge is 2.15. The number of rotatable bonds is 12. The van der Waals surface area contributed by atoms with Crippen molar-refractivity contribution < 1.29 is 14.3 Å². The van der Waals surface area contributed by atoms with E-state index in [1.807, 2.05) is 44.3 Å². The Morgan fingerprint density at radius 3 is 2.91 bits per heavy atom. The van der Waals surface area contributed by atoms with Gasteiger partial charge in [0.05, 0.1) is 35.4 Å². The highest BCUT2D eigenvalue weighted by molar-refractivity contribution is 9.10. The SMILES string of the molecule is Cc1cc(COC=O)cc(-c2cnn(C)c2OCCC[C@@H](C)CNc2cc(Br)ccc2N)n1.